The third-order valence-corrected chi connectivity index (χ3v) is 5.94. The maximum absolute atomic E-state index is 11.9. The predicted molar refractivity (Wildman–Crippen MR) is 120 cm³/mol. The van der Waals surface area contributed by atoms with Gasteiger partial charge in [-0.15, -0.1) is 0 Å². The molecule has 2 aromatic carbocycles. The zero-order chi connectivity index (χ0) is 21.5. The van der Waals surface area contributed by atoms with Gasteiger partial charge in [0.05, 0.1) is 17.4 Å². The maximum Gasteiger partial charge on any atom is 0.241 e. The van der Waals surface area contributed by atoms with E-state index < -0.39 is 0 Å². The lowest BCUT2D eigenvalue weighted by molar-refractivity contribution is -0.120. The second-order valence-corrected chi connectivity index (χ2v) is 8.21. The summed E-state index contributed by atoms with van der Waals surface area (Å²) in [5.41, 5.74) is 5.81. The number of aryl methyl sites for hydroxylation is 2. The van der Waals surface area contributed by atoms with Crippen molar-refractivity contribution in [2.45, 2.75) is 26.3 Å². The standard InChI is InChI=1S/C24H21ClN4O2/c1-14-12-26-15(2)24(27-14)31-18-6-3-16(4-7-18)23-22-19(9-10-29(23)13-30)20-11-17(25)5-8-21(20)28-22/h3-8,11-13,23,28H,9-10H2,1-2H3/t23-/m0/s1. The minimum absolute atomic E-state index is 0.193. The number of halogens is 1. The topological polar surface area (TPSA) is 71.1 Å². The number of aromatic nitrogens is 3. The van der Waals surface area contributed by atoms with Crippen LogP contribution in [-0.2, 0) is 11.2 Å². The highest BCUT2D eigenvalue weighted by Gasteiger charge is 2.31. The minimum Gasteiger partial charge on any atom is -0.437 e. The third-order valence-electron chi connectivity index (χ3n) is 5.70. The number of aromatic amines is 1. The fraction of sp³-hybridized carbons (Fsp3) is 0.208. The fourth-order valence-corrected chi connectivity index (χ4v) is 4.36. The van der Waals surface area contributed by atoms with Gasteiger partial charge >= 0.3 is 0 Å². The molecule has 0 spiro atoms. The Hall–Kier alpha value is -3.38. The van der Waals surface area contributed by atoms with Crippen LogP contribution in [0.5, 0.6) is 11.6 Å². The number of rotatable bonds is 4. The van der Waals surface area contributed by atoms with E-state index in [0.29, 0.717) is 23.2 Å². The second kappa shape index (κ2) is 7.71. The van der Waals surface area contributed by atoms with Crippen molar-refractivity contribution in [2.75, 3.05) is 6.54 Å². The Labute approximate surface area is 184 Å². The van der Waals surface area contributed by atoms with Crippen LogP contribution in [0.1, 0.15) is 34.3 Å². The molecule has 1 amide bonds. The summed E-state index contributed by atoms with van der Waals surface area (Å²) in [5.74, 6) is 1.17. The molecule has 0 fully saturated rings. The van der Waals surface area contributed by atoms with Crippen LogP contribution in [-0.4, -0.2) is 32.8 Å². The first-order valence-electron chi connectivity index (χ1n) is 10.1. The number of hydrogen-bond donors (Lipinski definition) is 1. The molecule has 0 saturated carbocycles. The van der Waals surface area contributed by atoms with E-state index >= 15 is 0 Å². The molecule has 0 saturated heterocycles. The molecule has 1 N–H and O–H groups in total. The minimum atomic E-state index is -0.193. The number of hydrogen-bond acceptors (Lipinski definition) is 4. The predicted octanol–water partition coefficient (Wildman–Crippen LogP) is 5.12. The van der Waals surface area contributed by atoms with Gasteiger partial charge in [0, 0.05) is 34.4 Å². The molecule has 0 unspecified atom stereocenters. The number of carbonyl (C=O) groups is 1. The Bertz CT molecular complexity index is 1280. The van der Waals surface area contributed by atoms with Crippen molar-refractivity contribution in [1.29, 1.82) is 0 Å². The third kappa shape index (κ3) is 3.53. The van der Waals surface area contributed by atoms with Crippen LogP contribution in [0.3, 0.4) is 0 Å². The molecule has 156 valence electrons. The lowest BCUT2D eigenvalue weighted by Gasteiger charge is -2.33. The molecule has 0 aliphatic carbocycles. The van der Waals surface area contributed by atoms with E-state index in [1.165, 1.54) is 5.56 Å². The van der Waals surface area contributed by atoms with Crippen molar-refractivity contribution < 1.29 is 9.53 Å². The summed E-state index contributed by atoms with van der Waals surface area (Å²) in [6, 6.07) is 13.4. The zero-order valence-corrected chi connectivity index (χ0v) is 18.0. The van der Waals surface area contributed by atoms with E-state index in [0.717, 1.165) is 46.4 Å². The van der Waals surface area contributed by atoms with Crippen molar-refractivity contribution >= 4 is 28.9 Å². The van der Waals surface area contributed by atoms with Gasteiger partial charge in [-0.05, 0) is 61.7 Å². The number of nitrogens with zero attached hydrogens (tertiary/aromatic N) is 3. The molecule has 1 atom stereocenters. The first-order valence-corrected chi connectivity index (χ1v) is 10.5. The van der Waals surface area contributed by atoms with E-state index in [-0.39, 0.29) is 6.04 Å². The Kier molecular flexibility index (Phi) is 4.87. The highest BCUT2D eigenvalue weighted by atomic mass is 35.5. The van der Waals surface area contributed by atoms with Gasteiger partial charge in [-0.25, -0.2) is 4.98 Å². The lowest BCUT2D eigenvalue weighted by Crippen LogP contribution is -2.34. The van der Waals surface area contributed by atoms with Gasteiger partial charge in [-0.1, -0.05) is 23.7 Å². The van der Waals surface area contributed by atoms with Gasteiger partial charge < -0.3 is 14.6 Å². The van der Waals surface area contributed by atoms with E-state index in [9.17, 15) is 4.79 Å². The molecule has 1 aliphatic rings. The Morgan fingerprint density at radius 1 is 1.19 bits per heavy atom. The molecule has 4 aromatic rings. The van der Waals surface area contributed by atoms with Crippen LogP contribution < -0.4 is 4.74 Å². The number of carbonyl (C=O) groups excluding carboxylic acids is 1. The van der Waals surface area contributed by atoms with Crippen LogP contribution >= 0.6 is 11.6 Å². The average Bonchev–Trinajstić information content (AvgIpc) is 3.14. The number of nitrogens with one attached hydrogen (secondary N) is 1. The SMILES string of the molecule is Cc1cnc(C)c(Oc2ccc([C@H]3c4[nH]c5ccc(Cl)cc5c4CCN3C=O)cc2)n1. The highest BCUT2D eigenvalue weighted by molar-refractivity contribution is 6.31. The van der Waals surface area contributed by atoms with Crippen LogP contribution in [0.25, 0.3) is 10.9 Å². The van der Waals surface area contributed by atoms with Gasteiger partial charge in [0.1, 0.15) is 5.75 Å². The molecule has 5 rings (SSSR count). The van der Waals surface area contributed by atoms with Gasteiger partial charge in [0.2, 0.25) is 12.3 Å². The van der Waals surface area contributed by atoms with Crippen LogP contribution in [0.2, 0.25) is 5.02 Å². The second-order valence-electron chi connectivity index (χ2n) is 7.78. The van der Waals surface area contributed by atoms with E-state index in [1.54, 1.807) is 6.20 Å². The summed E-state index contributed by atoms with van der Waals surface area (Å²) in [6.07, 6.45) is 3.42. The molecule has 2 aromatic heterocycles. The monoisotopic (exact) mass is 432 g/mol. The molecule has 6 nitrogen and oxygen atoms in total. The molecule has 1 aliphatic heterocycles. The first-order chi connectivity index (χ1) is 15.0. The van der Waals surface area contributed by atoms with Crippen molar-refractivity contribution in [1.82, 2.24) is 19.9 Å². The first kappa shape index (κ1) is 19.6. The lowest BCUT2D eigenvalue weighted by atomic mass is 9.93. The summed E-state index contributed by atoms with van der Waals surface area (Å²) in [5, 5.41) is 1.83. The number of amides is 1. The van der Waals surface area contributed by atoms with E-state index in [2.05, 4.69) is 15.0 Å². The molecule has 0 radical (unpaired) electrons. The maximum atomic E-state index is 11.9. The van der Waals surface area contributed by atoms with E-state index in [4.69, 9.17) is 16.3 Å². The molecule has 31 heavy (non-hydrogen) atoms. The van der Waals surface area contributed by atoms with Gasteiger partial charge in [-0.3, -0.25) is 9.78 Å². The average molecular weight is 433 g/mol. The molecule has 3 heterocycles. The molecule has 7 heteroatoms. The summed E-state index contributed by atoms with van der Waals surface area (Å²) < 4.78 is 5.94. The summed E-state index contributed by atoms with van der Waals surface area (Å²) >= 11 is 6.23. The zero-order valence-electron chi connectivity index (χ0n) is 17.2. The summed E-state index contributed by atoms with van der Waals surface area (Å²) in [7, 11) is 0. The van der Waals surface area contributed by atoms with Crippen molar-refractivity contribution in [2.24, 2.45) is 0 Å². The molecule has 0 bridgehead atoms. The Morgan fingerprint density at radius 2 is 2.00 bits per heavy atom. The molecular weight excluding hydrogens is 412 g/mol. The number of benzene rings is 2. The smallest absolute Gasteiger partial charge is 0.241 e. The van der Waals surface area contributed by atoms with Crippen molar-refractivity contribution in [3.8, 4) is 11.6 Å². The Morgan fingerprint density at radius 3 is 2.77 bits per heavy atom. The van der Waals surface area contributed by atoms with Crippen molar-refractivity contribution in [3.63, 3.8) is 0 Å². The van der Waals surface area contributed by atoms with Crippen LogP contribution in [0.15, 0.2) is 48.7 Å². The van der Waals surface area contributed by atoms with Crippen LogP contribution in [0, 0.1) is 13.8 Å². The number of H-pyrrole nitrogens is 1. The van der Waals surface area contributed by atoms with Gasteiger partial charge in [0.15, 0.2) is 0 Å². The number of ether oxygens (including phenoxy) is 1. The molecular formula is C24H21ClN4O2. The quantitative estimate of drug-likeness (QED) is 0.454. The van der Waals surface area contributed by atoms with Gasteiger partial charge in [-0.2, -0.15) is 0 Å². The Balaban J connectivity index is 1.51. The fourth-order valence-electron chi connectivity index (χ4n) is 4.19. The number of fused-ring (bicyclic) bond motifs is 3. The van der Waals surface area contributed by atoms with E-state index in [1.807, 2.05) is 61.2 Å². The summed E-state index contributed by atoms with van der Waals surface area (Å²) in [6.45, 7) is 4.39. The van der Waals surface area contributed by atoms with Crippen LogP contribution in [0.4, 0.5) is 0 Å². The highest BCUT2D eigenvalue weighted by Crippen LogP contribution is 2.39. The summed E-state index contributed by atoms with van der Waals surface area (Å²) in [4.78, 5) is 25.9. The largest absolute Gasteiger partial charge is 0.437 e. The normalized spacial score (nSPS) is 15.7. The van der Waals surface area contributed by atoms with Gasteiger partial charge in [0.25, 0.3) is 0 Å². The van der Waals surface area contributed by atoms with Crippen molar-refractivity contribution in [3.05, 3.63) is 81.9 Å².